The molecule has 0 N–H and O–H groups in total. The Morgan fingerprint density at radius 3 is 2.14 bits per heavy atom. The van der Waals surface area contributed by atoms with Gasteiger partial charge in [0.15, 0.2) is 6.07 Å². The first-order chi connectivity index (χ1) is 6.83. The molecule has 14 heavy (non-hydrogen) atoms. The molecule has 0 amide bonds. The molecular weight excluding hydrogens is 178 g/mol. The Bertz CT molecular complexity index is 399. The molecule has 3 nitrogen and oxygen atoms in total. The summed E-state index contributed by atoms with van der Waals surface area (Å²) in [4.78, 5) is 0. The van der Waals surface area contributed by atoms with Crippen LogP contribution in [0.25, 0.3) is 0 Å². The van der Waals surface area contributed by atoms with Crippen LogP contribution in [0.5, 0.6) is 11.5 Å². The lowest BCUT2D eigenvalue weighted by molar-refractivity contribution is 0.392. The molecule has 1 rings (SSSR count). The molecule has 0 atom stereocenters. The van der Waals surface area contributed by atoms with Gasteiger partial charge < -0.3 is 9.47 Å². The first kappa shape index (κ1) is 9.95. The van der Waals surface area contributed by atoms with Gasteiger partial charge >= 0.3 is 0 Å². The molecule has 0 fully saturated rings. The number of rotatable bonds is 2. The molecule has 70 valence electrons. The minimum atomic E-state index is 0.596. The summed E-state index contributed by atoms with van der Waals surface area (Å²) in [6.07, 6.45) is 0. The van der Waals surface area contributed by atoms with Gasteiger partial charge in [0.1, 0.15) is 17.1 Å². The van der Waals surface area contributed by atoms with Crippen molar-refractivity contribution in [1.29, 1.82) is 5.26 Å². The summed E-state index contributed by atoms with van der Waals surface area (Å²) in [6, 6.07) is 7.08. The fourth-order valence-corrected chi connectivity index (χ4v) is 1.06. The lowest BCUT2D eigenvalue weighted by atomic mass is 10.2. The van der Waals surface area contributed by atoms with Crippen LogP contribution in [0.15, 0.2) is 18.2 Å². The lowest BCUT2D eigenvalue weighted by Crippen LogP contribution is -1.92. The maximum atomic E-state index is 8.35. The first-order valence-electron chi connectivity index (χ1n) is 3.94. The number of hydrogen-bond acceptors (Lipinski definition) is 3. The molecule has 0 aromatic heterocycles. The van der Waals surface area contributed by atoms with E-state index in [1.165, 1.54) is 0 Å². The van der Waals surface area contributed by atoms with Gasteiger partial charge in [-0.15, -0.1) is 0 Å². The van der Waals surface area contributed by atoms with Crippen LogP contribution in [0.3, 0.4) is 0 Å². The van der Waals surface area contributed by atoms with Crippen LogP contribution < -0.4 is 9.47 Å². The summed E-state index contributed by atoms with van der Waals surface area (Å²) in [6.45, 7) is 0. The standard InChI is InChI=1S/C11H9NO2/c1-13-10-6-3-7-11(14-2)9(10)5-4-8-12/h3,6-7H,1-2H3. The van der Waals surface area contributed by atoms with Gasteiger partial charge in [0.2, 0.25) is 0 Å². The summed E-state index contributed by atoms with van der Waals surface area (Å²) < 4.78 is 10.2. The van der Waals surface area contributed by atoms with Gasteiger partial charge in [-0.3, -0.25) is 0 Å². The molecule has 0 aliphatic carbocycles. The zero-order chi connectivity index (χ0) is 10.4. The minimum Gasteiger partial charge on any atom is -0.495 e. The number of methoxy groups -OCH3 is 2. The monoisotopic (exact) mass is 187 g/mol. The topological polar surface area (TPSA) is 42.2 Å². The predicted molar refractivity (Wildman–Crippen MR) is 52.0 cm³/mol. The highest BCUT2D eigenvalue weighted by atomic mass is 16.5. The Morgan fingerprint density at radius 2 is 1.71 bits per heavy atom. The van der Waals surface area contributed by atoms with Crippen LogP contribution in [-0.4, -0.2) is 14.2 Å². The van der Waals surface area contributed by atoms with Gasteiger partial charge in [-0.1, -0.05) is 6.07 Å². The fraction of sp³-hybridized carbons (Fsp3) is 0.182. The van der Waals surface area contributed by atoms with Gasteiger partial charge in [0, 0.05) is 5.92 Å². The van der Waals surface area contributed by atoms with E-state index in [4.69, 9.17) is 14.7 Å². The Kier molecular flexibility index (Phi) is 3.41. The van der Waals surface area contributed by atoms with E-state index in [1.807, 2.05) is 0 Å². The largest absolute Gasteiger partial charge is 0.495 e. The van der Waals surface area contributed by atoms with Crippen molar-refractivity contribution in [3.8, 4) is 29.4 Å². The molecule has 1 aromatic rings. The third-order valence-electron chi connectivity index (χ3n) is 1.67. The Balaban J connectivity index is 3.27. The molecule has 0 heterocycles. The van der Waals surface area contributed by atoms with Crippen LogP contribution in [0, 0.1) is 23.2 Å². The molecule has 1 aromatic carbocycles. The maximum absolute atomic E-state index is 8.35. The zero-order valence-corrected chi connectivity index (χ0v) is 8.00. The molecule has 0 radical (unpaired) electrons. The lowest BCUT2D eigenvalue weighted by Gasteiger charge is -2.07. The molecular formula is C11H9NO2. The third kappa shape index (κ3) is 1.97. The molecule has 0 saturated heterocycles. The molecule has 0 saturated carbocycles. The first-order valence-corrected chi connectivity index (χ1v) is 3.94. The van der Waals surface area contributed by atoms with Crippen molar-refractivity contribution in [3.63, 3.8) is 0 Å². The molecule has 0 aliphatic rings. The number of ether oxygens (including phenoxy) is 2. The summed E-state index contributed by atoms with van der Waals surface area (Å²) >= 11 is 0. The molecule has 0 spiro atoms. The second kappa shape index (κ2) is 4.79. The van der Waals surface area contributed by atoms with Gasteiger partial charge in [-0.2, -0.15) is 5.26 Å². The number of benzene rings is 1. The summed E-state index contributed by atoms with van der Waals surface area (Å²) in [5.74, 6) is 6.19. The summed E-state index contributed by atoms with van der Waals surface area (Å²) in [5, 5.41) is 8.35. The van der Waals surface area contributed by atoms with Gasteiger partial charge in [0.25, 0.3) is 0 Å². The van der Waals surface area contributed by atoms with Crippen molar-refractivity contribution in [2.45, 2.75) is 0 Å². The number of nitriles is 1. The molecule has 0 unspecified atom stereocenters. The van der Waals surface area contributed by atoms with E-state index in [-0.39, 0.29) is 0 Å². The van der Waals surface area contributed by atoms with E-state index in [0.29, 0.717) is 17.1 Å². The zero-order valence-electron chi connectivity index (χ0n) is 8.00. The second-order valence-corrected chi connectivity index (χ2v) is 2.40. The van der Waals surface area contributed by atoms with Gasteiger partial charge in [-0.25, -0.2) is 0 Å². The van der Waals surface area contributed by atoms with Crippen molar-refractivity contribution in [2.75, 3.05) is 14.2 Å². The van der Waals surface area contributed by atoms with Crippen LogP contribution in [0.1, 0.15) is 5.56 Å². The van der Waals surface area contributed by atoms with Crippen LogP contribution in [0.4, 0.5) is 0 Å². The van der Waals surface area contributed by atoms with E-state index >= 15 is 0 Å². The quantitative estimate of drug-likeness (QED) is 0.660. The number of hydrogen-bond donors (Lipinski definition) is 0. The maximum Gasteiger partial charge on any atom is 0.152 e. The number of nitrogens with zero attached hydrogens (tertiary/aromatic N) is 1. The van der Waals surface area contributed by atoms with Crippen LogP contribution >= 0.6 is 0 Å². The fourth-order valence-electron chi connectivity index (χ4n) is 1.06. The average Bonchev–Trinajstić information content (AvgIpc) is 2.25. The van der Waals surface area contributed by atoms with E-state index in [0.717, 1.165) is 0 Å². The van der Waals surface area contributed by atoms with Crippen LogP contribution in [0.2, 0.25) is 0 Å². The summed E-state index contributed by atoms with van der Waals surface area (Å²) in [5.41, 5.74) is 0.596. The van der Waals surface area contributed by atoms with Crippen molar-refractivity contribution in [2.24, 2.45) is 0 Å². The van der Waals surface area contributed by atoms with Crippen LogP contribution in [-0.2, 0) is 0 Å². The molecule has 0 aliphatic heterocycles. The van der Waals surface area contributed by atoms with E-state index in [9.17, 15) is 0 Å². The van der Waals surface area contributed by atoms with E-state index < -0.39 is 0 Å². The van der Waals surface area contributed by atoms with Crippen molar-refractivity contribution >= 4 is 0 Å². The molecule has 0 bridgehead atoms. The Morgan fingerprint density at radius 1 is 1.14 bits per heavy atom. The van der Waals surface area contributed by atoms with Crippen molar-refractivity contribution in [1.82, 2.24) is 0 Å². The smallest absolute Gasteiger partial charge is 0.152 e. The highest BCUT2D eigenvalue weighted by Gasteiger charge is 2.05. The molecule has 3 heteroatoms. The SMILES string of the molecule is COc1cccc(OC)c1C#CC#N. The normalized spacial score (nSPS) is 8.07. The Hall–Kier alpha value is -2.13. The summed E-state index contributed by atoms with van der Waals surface area (Å²) in [7, 11) is 3.10. The highest BCUT2D eigenvalue weighted by molar-refractivity contribution is 5.56. The van der Waals surface area contributed by atoms with Crippen molar-refractivity contribution < 1.29 is 9.47 Å². The average molecular weight is 187 g/mol. The highest BCUT2D eigenvalue weighted by Crippen LogP contribution is 2.26. The second-order valence-electron chi connectivity index (χ2n) is 2.40. The predicted octanol–water partition coefficient (Wildman–Crippen LogP) is 1.58. The third-order valence-corrected chi connectivity index (χ3v) is 1.67. The minimum absolute atomic E-state index is 0.596. The van der Waals surface area contributed by atoms with Gasteiger partial charge in [-0.05, 0) is 18.1 Å². The van der Waals surface area contributed by atoms with E-state index in [1.54, 1.807) is 38.5 Å². The van der Waals surface area contributed by atoms with Gasteiger partial charge in [0.05, 0.1) is 14.2 Å². The van der Waals surface area contributed by atoms with E-state index in [2.05, 4.69) is 11.8 Å². The van der Waals surface area contributed by atoms with Crippen molar-refractivity contribution in [3.05, 3.63) is 23.8 Å². The Labute approximate surface area is 82.9 Å².